The van der Waals surface area contributed by atoms with Gasteiger partial charge in [-0.05, 0) is 45.7 Å². The van der Waals surface area contributed by atoms with E-state index in [9.17, 15) is 4.79 Å². The number of rotatable bonds is 6. The molecule has 1 saturated heterocycles. The molecule has 112 valence electrons. The summed E-state index contributed by atoms with van der Waals surface area (Å²) in [5, 5.41) is 8.79. The number of piperidine rings is 1. The van der Waals surface area contributed by atoms with Gasteiger partial charge in [0.1, 0.15) is 0 Å². The fraction of sp³-hybridized carbons (Fsp3) is 0.714. The molecular weight excluding hydrogens is 272 g/mol. The number of thiazole rings is 1. The third-order valence-corrected chi connectivity index (χ3v) is 4.40. The summed E-state index contributed by atoms with van der Waals surface area (Å²) in [5.74, 6) is 0.730. The van der Waals surface area contributed by atoms with Gasteiger partial charge in [-0.15, -0.1) is 11.3 Å². The highest BCUT2D eigenvalue weighted by molar-refractivity contribution is 7.13. The zero-order chi connectivity index (χ0) is 14.4. The van der Waals surface area contributed by atoms with Crippen LogP contribution in [-0.4, -0.2) is 48.0 Å². The van der Waals surface area contributed by atoms with Crippen LogP contribution in [0.15, 0.2) is 11.6 Å². The lowest BCUT2D eigenvalue weighted by Gasteiger charge is -2.32. The average molecular weight is 296 g/mol. The molecule has 2 N–H and O–H groups in total. The predicted molar refractivity (Wildman–Crippen MR) is 83.0 cm³/mol. The second kappa shape index (κ2) is 7.71. The molecule has 1 fully saturated rings. The summed E-state index contributed by atoms with van der Waals surface area (Å²) >= 11 is 1.45. The van der Waals surface area contributed by atoms with Crippen molar-refractivity contribution in [3.8, 4) is 0 Å². The van der Waals surface area contributed by atoms with Crippen LogP contribution < -0.4 is 10.6 Å². The van der Waals surface area contributed by atoms with E-state index in [4.69, 9.17) is 0 Å². The minimum atomic E-state index is 0.0302. The minimum absolute atomic E-state index is 0.0302. The predicted octanol–water partition coefficient (Wildman–Crippen LogP) is 1.79. The highest BCUT2D eigenvalue weighted by atomic mass is 32.1. The molecule has 2 rings (SSSR count). The normalized spacial score (nSPS) is 16.8. The lowest BCUT2D eigenvalue weighted by Crippen LogP contribution is -2.43. The molecule has 2 heterocycles. The van der Waals surface area contributed by atoms with E-state index < -0.39 is 0 Å². The lowest BCUT2D eigenvalue weighted by atomic mass is 9.97. The van der Waals surface area contributed by atoms with E-state index in [1.807, 2.05) is 5.38 Å². The Morgan fingerprint density at radius 3 is 2.90 bits per heavy atom. The summed E-state index contributed by atoms with van der Waals surface area (Å²) in [6.07, 6.45) is 4.12. The van der Waals surface area contributed by atoms with Crippen molar-refractivity contribution in [2.75, 3.05) is 31.5 Å². The Morgan fingerprint density at radius 2 is 2.30 bits per heavy atom. The highest BCUT2D eigenvalue weighted by Gasteiger charge is 2.21. The highest BCUT2D eigenvalue weighted by Crippen LogP contribution is 2.15. The van der Waals surface area contributed by atoms with Crippen LogP contribution in [-0.2, 0) is 4.79 Å². The van der Waals surface area contributed by atoms with E-state index in [0.717, 1.165) is 19.6 Å². The van der Waals surface area contributed by atoms with Crippen molar-refractivity contribution < 1.29 is 4.79 Å². The second-order valence-corrected chi connectivity index (χ2v) is 6.50. The molecule has 0 unspecified atom stereocenters. The Hall–Kier alpha value is -0.980. The first kappa shape index (κ1) is 15.4. The van der Waals surface area contributed by atoms with E-state index in [2.05, 4.69) is 34.4 Å². The Balaban J connectivity index is 1.83. The van der Waals surface area contributed by atoms with E-state index in [1.54, 1.807) is 6.20 Å². The molecule has 5 nitrogen and oxygen atoms in total. The molecule has 0 saturated carbocycles. The molecular formula is C14H24N4OS. The van der Waals surface area contributed by atoms with Crippen LogP contribution in [0, 0.1) is 5.92 Å². The largest absolute Gasteiger partial charge is 0.317 e. The third kappa shape index (κ3) is 4.85. The summed E-state index contributed by atoms with van der Waals surface area (Å²) in [6.45, 7) is 7.95. The van der Waals surface area contributed by atoms with Gasteiger partial charge in [0.25, 0.3) is 0 Å². The van der Waals surface area contributed by atoms with Crippen molar-refractivity contribution in [2.24, 2.45) is 5.92 Å². The topological polar surface area (TPSA) is 57.3 Å². The molecule has 1 aliphatic rings. The SMILES string of the molecule is CC(C)N(CC(=O)Nc1nccs1)CC1CCNCC1. The van der Waals surface area contributed by atoms with Gasteiger partial charge in [0.2, 0.25) is 5.91 Å². The zero-order valence-electron chi connectivity index (χ0n) is 12.3. The van der Waals surface area contributed by atoms with Crippen LogP contribution in [0.5, 0.6) is 0 Å². The molecule has 0 radical (unpaired) electrons. The van der Waals surface area contributed by atoms with Gasteiger partial charge in [-0.3, -0.25) is 9.69 Å². The maximum Gasteiger partial charge on any atom is 0.240 e. The fourth-order valence-corrected chi connectivity index (χ4v) is 3.03. The van der Waals surface area contributed by atoms with Gasteiger partial charge < -0.3 is 10.6 Å². The van der Waals surface area contributed by atoms with Gasteiger partial charge in [0.05, 0.1) is 6.54 Å². The molecule has 1 amide bonds. The number of amides is 1. The van der Waals surface area contributed by atoms with Crippen molar-refractivity contribution >= 4 is 22.4 Å². The van der Waals surface area contributed by atoms with Crippen LogP contribution >= 0.6 is 11.3 Å². The van der Waals surface area contributed by atoms with Crippen molar-refractivity contribution in [1.82, 2.24) is 15.2 Å². The third-order valence-electron chi connectivity index (χ3n) is 3.71. The van der Waals surface area contributed by atoms with Gasteiger partial charge in [-0.1, -0.05) is 0 Å². The van der Waals surface area contributed by atoms with Crippen LogP contribution in [0.25, 0.3) is 0 Å². The molecule has 1 aromatic rings. The van der Waals surface area contributed by atoms with Gasteiger partial charge in [-0.2, -0.15) is 0 Å². The number of nitrogens with zero attached hydrogens (tertiary/aromatic N) is 2. The number of carbonyl (C=O) groups is 1. The summed E-state index contributed by atoms with van der Waals surface area (Å²) in [7, 11) is 0. The summed E-state index contributed by atoms with van der Waals surface area (Å²) in [4.78, 5) is 18.4. The van der Waals surface area contributed by atoms with Crippen molar-refractivity contribution in [1.29, 1.82) is 0 Å². The number of anilines is 1. The molecule has 1 aromatic heterocycles. The molecule has 0 aromatic carbocycles. The van der Waals surface area contributed by atoms with Crippen molar-refractivity contribution in [3.63, 3.8) is 0 Å². The first-order valence-electron chi connectivity index (χ1n) is 7.29. The maximum atomic E-state index is 12.1. The molecule has 0 atom stereocenters. The van der Waals surface area contributed by atoms with E-state index in [-0.39, 0.29) is 5.91 Å². The fourth-order valence-electron chi connectivity index (χ4n) is 2.48. The first-order chi connectivity index (χ1) is 9.65. The first-order valence-corrected chi connectivity index (χ1v) is 8.17. The molecule has 1 aliphatic heterocycles. The van der Waals surface area contributed by atoms with E-state index in [0.29, 0.717) is 23.6 Å². The van der Waals surface area contributed by atoms with Crippen LogP contribution in [0.4, 0.5) is 5.13 Å². The van der Waals surface area contributed by atoms with E-state index >= 15 is 0 Å². The summed E-state index contributed by atoms with van der Waals surface area (Å²) in [6, 6.07) is 0.381. The number of hydrogen-bond donors (Lipinski definition) is 2. The van der Waals surface area contributed by atoms with Gasteiger partial charge in [0, 0.05) is 24.2 Å². The molecule has 6 heteroatoms. The molecule has 20 heavy (non-hydrogen) atoms. The van der Waals surface area contributed by atoms with Crippen molar-refractivity contribution in [2.45, 2.75) is 32.7 Å². The monoisotopic (exact) mass is 296 g/mol. The Kier molecular flexibility index (Phi) is 5.94. The summed E-state index contributed by atoms with van der Waals surface area (Å²) < 4.78 is 0. The van der Waals surface area contributed by atoms with Crippen LogP contribution in [0.3, 0.4) is 0 Å². The molecule has 0 aliphatic carbocycles. The van der Waals surface area contributed by atoms with Gasteiger partial charge in [0.15, 0.2) is 5.13 Å². The van der Waals surface area contributed by atoms with Crippen LogP contribution in [0.2, 0.25) is 0 Å². The zero-order valence-corrected chi connectivity index (χ0v) is 13.1. The number of nitrogens with one attached hydrogen (secondary N) is 2. The van der Waals surface area contributed by atoms with E-state index in [1.165, 1.54) is 24.2 Å². The average Bonchev–Trinajstić information content (AvgIpc) is 2.92. The van der Waals surface area contributed by atoms with Crippen LogP contribution in [0.1, 0.15) is 26.7 Å². The smallest absolute Gasteiger partial charge is 0.240 e. The second-order valence-electron chi connectivity index (χ2n) is 5.60. The molecule has 0 bridgehead atoms. The lowest BCUT2D eigenvalue weighted by molar-refractivity contribution is -0.117. The van der Waals surface area contributed by atoms with Crippen molar-refractivity contribution in [3.05, 3.63) is 11.6 Å². The Morgan fingerprint density at radius 1 is 1.55 bits per heavy atom. The molecule has 0 spiro atoms. The minimum Gasteiger partial charge on any atom is -0.317 e. The summed E-state index contributed by atoms with van der Waals surface area (Å²) in [5.41, 5.74) is 0. The maximum absolute atomic E-state index is 12.1. The Labute approximate surface area is 124 Å². The Bertz CT molecular complexity index is 401. The quantitative estimate of drug-likeness (QED) is 0.840. The van der Waals surface area contributed by atoms with Gasteiger partial charge >= 0.3 is 0 Å². The standard InChI is InChI=1S/C14H24N4OS/c1-11(2)18(9-12-3-5-15-6-4-12)10-13(19)17-14-16-7-8-20-14/h7-8,11-12,15H,3-6,9-10H2,1-2H3,(H,16,17,19). The number of aromatic nitrogens is 1. The number of carbonyl (C=O) groups excluding carboxylic acids is 1. The van der Waals surface area contributed by atoms with Gasteiger partial charge in [-0.25, -0.2) is 4.98 Å². The number of hydrogen-bond acceptors (Lipinski definition) is 5.